The minimum atomic E-state index is -3.37. The molecule has 2 saturated heterocycles. The van der Waals surface area contributed by atoms with Gasteiger partial charge in [-0.05, 0) is 23.9 Å². The maximum absolute atomic E-state index is 16.3. The molecule has 2 atom stereocenters. The fourth-order valence-electron chi connectivity index (χ4n) is 6.11. The topological polar surface area (TPSA) is 90.8 Å². The van der Waals surface area contributed by atoms with Crippen LogP contribution in [0.15, 0.2) is 66.9 Å². The average molecular weight is 611 g/mol. The van der Waals surface area contributed by atoms with E-state index in [9.17, 15) is 13.2 Å². The van der Waals surface area contributed by atoms with Gasteiger partial charge in [0.25, 0.3) is 0 Å². The summed E-state index contributed by atoms with van der Waals surface area (Å²) in [5, 5.41) is 3.13. The van der Waals surface area contributed by atoms with Crippen LogP contribution in [0.5, 0.6) is 0 Å². The van der Waals surface area contributed by atoms with Gasteiger partial charge in [-0.15, -0.1) is 0 Å². The molecule has 2 aliphatic rings. The second-order valence-electron chi connectivity index (χ2n) is 12.9. The van der Waals surface area contributed by atoms with Crippen LogP contribution in [-0.4, -0.2) is 95.8 Å². The van der Waals surface area contributed by atoms with Gasteiger partial charge in [0, 0.05) is 51.0 Å². The highest BCUT2D eigenvalue weighted by atomic mass is 32.2. The highest BCUT2D eigenvalue weighted by Crippen LogP contribution is 2.41. The minimum Gasteiger partial charge on any atom is -0.328 e. The number of imidazole rings is 1. The van der Waals surface area contributed by atoms with Gasteiger partial charge in [-0.3, -0.25) is 0 Å². The van der Waals surface area contributed by atoms with Gasteiger partial charge in [-0.25, -0.2) is 22.6 Å². The molecule has 3 heterocycles. The van der Waals surface area contributed by atoms with E-state index in [1.807, 2.05) is 54.7 Å². The molecule has 43 heavy (non-hydrogen) atoms. The lowest BCUT2D eigenvalue weighted by Gasteiger charge is -2.45. The van der Waals surface area contributed by atoms with Crippen LogP contribution in [0.25, 0.3) is 11.3 Å². The van der Waals surface area contributed by atoms with Gasteiger partial charge in [0.2, 0.25) is 10.0 Å². The van der Waals surface area contributed by atoms with Crippen LogP contribution in [0.1, 0.15) is 44.6 Å². The summed E-state index contributed by atoms with van der Waals surface area (Å²) in [6.45, 7) is 8.24. The molecule has 5 rings (SSSR count). The van der Waals surface area contributed by atoms with Crippen molar-refractivity contribution in [2.45, 2.75) is 45.4 Å². The Labute approximate surface area is 254 Å². The zero-order valence-corrected chi connectivity index (χ0v) is 26.4. The van der Waals surface area contributed by atoms with E-state index in [1.165, 1.54) is 10.6 Å². The Kier molecular flexibility index (Phi) is 8.97. The first-order chi connectivity index (χ1) is 20.3. The number of sulfonamides is 1. The number of benzene rings is 2. The summed E-state index contributed by atoms with van der Waals surface area (Å²) in [5.74, 6) is 0.688. The Morgan fingerprint density at radius 1 is 1.05 bits per heavy atom. The number of urea groups is 1. The lowest BCUT2D eigenvalue weighted by molar-refractivity contribution is 0.0364. The zero-order valence-electron chi connectivity index (χ0n) is 25.5. The van der Waals surface area contributed by atoms with Crippen molar-refractivity contribution in [3.8, 4) is 11.3 Å². The van der Waals surface area contributed by atoms with Crippen molar-refractivity contribution in [3.05, 3.63) is 78.2 Å². The number of halogens is 1. The highest BCUT2D eigenvalue weighted by Gasteiger charge is 2.46. The van der Waals surface area contributed by atoms with E-state index in [-0.39, 0.29) is 45.3 Å². The Balaban J connectivity index is 1.58. The van der Waals surface area contributed by atoms with Crippen molar-refractivity contribution >= 4 is 16.1 Å². The molecule has 232 valence electrons. The Morgan fingerprint density at radius 3 is 2.23 bits per heavy atom. The predicted octanol–water partition coefficient (Wildman–Crippen LogP) is 4.39. The monoisotopic (exact) mass is 610 g/mol. The molecular formula is C32H43FN6O3S. The molecule has 2 aliphatic heterocycles. The zero-order chi connectivity index (χ0) is 30.8. The standard InChI is InChI=1S/C32H43FN6O3S/c1-31(2,3)28(29-35-27(26-13-9-6-10-14-26)22-37(29)21-25-11-7-5-8-12-25)39(24-32(33)15-16-34-23-32)30(40)36-17-19-38(20-18-36)43(4,41)42/h5-14,22,28,34H,15-21,23-24H2,1-4H3. The van der Waals surface area contributed by atoms with Crippen molar-refractivity contribution < 1.29 is 17.6 Å². The summed E-state index contributed by atoms with van der Waals surface area (Å²) in [6.07, 6.45) is 3.51. The van der Waals surface area contributed by atoms with Crippen LogP contribution < -0.4 is 5.32 Å². The molecule has 1 N–H and O–H groups in total. The van der Waals surface area contributed by atoms with E-state index in [1.54, 1.807) is 9.80 Å². The van der Waals surface area contributed by atoms with E-state index in [0.29, 0.717) is 25.3 Å². The third-order valence-electron chi connectivity index (χ3n) is 8.32. The largest absolute Gasteiger partial charge is 0.328 e. The molecule has 0 aliphatic carbocycles. The molecule has 2 fully saturated rings. The Morgan fingerprint density at radius 2 is 1.67 bits per heavy atom. The van der Waals surface area contributed by atoms with Crippen molar-refractivity contribution in [3.63, 3.8) is 0 Å². The van der Waals surface area contributed by atoms with Gasteiger partial charge >= 0.3 is 6.03 Å². The quantitative estimate of drug-likeness (QED) is 0.409. The van der Waals surface area contributed by atoms with Crippen molar-refractivity contribution in [1.82, 2.24) is 29.0 Å². The lowest BCUT2D eigenvalue weighted by atomic mass is 9.84. The maximum Gasteiger partial charge on any atom is 0.320 e. The van der Waals surface area contributed by atoms with Gasteiger partial charge in [-0.1, -0.05) is 81.4 Å². The van der Waals surface area contributed by atoms with E-state index in [2.05, 4.69) is 42.8 Å². The van der Waals surface area contributed by atoms with Crippen LogP contribution in [0.2, 0.25) is 0 Å². The number of alkyl halides is 1. The number of nitrogens with one attached hydrogen (secondary N) is 1. The molecule has 3 aromatic rings. The number of carbonyl (C=O) groups is 1. The van der Waals surface area contributed by atoms with Crippen molar-refractivity contribution in [2.24, 2.45) is 5.41 Å². The second-order valence-corrected chi connectivity index (χ2v) is 14.9. The number of aromatic nitrogens is 2. The van der Waals surface area contributed by atoms with Gasteiger partial charge in [-0.2, -0.15) is 4.31 Å². The van der Waals surface area contributed by atoms with Crippen molar-refractivity contribution in [2.75, 3.05) is 52.1 Å². The molecule has 0 radical (unpaired) electrons. The molecule has 2 aromatic carbocycles. The third kappa shape index (κ3) is 7.27. The number of carbonyl (C=O) groups excluding carboxylic acids is 1. The number of hydrogen-bond acceptors (Lipinski definition) is 5. The highest BCUT2D eigenvalue weighted by molar-refractivity contribution is 7.88. The molecular weight excluding hydrogens is 567 g/mol. The number of rotatable bonds is 8. The molecule has 0 bridgehead atoms. The first-order valence-corrected chi connectivity index (χ1v) is 16.8. The smallest absolute Gasteiger partial charge is 0.320 e. The van der Waals surface area contributed by atoms with Crippen LogP contribution in [0.3, 0.4) is 0 Å². The summed E-state index contributed by atoms with van der Waals surface area (Å²) in [5.41, 5.74) is 0.727. The van der Waals surface area contributed by atoms with Gasteiger partial charge in [0.05, 0.1) is 24.5 Å². The van der Waals surface area contributed by atoms with E-state index < -0.39 is 27.1 Å². The molecule has 9 nitrogen and oxygen atoms in total. The van der Waals surface area contributed by atoms with Crippen LogP contribution >= 0.6 is 0 Å². The van der Waals surface area contributed by atoms with Crippen LogP contribution in [-0.2, 0) is 16.6 Å². The van der Waals surface area contributed by atoms with E-state index >= 15 is 4.39 Å². The van der Waals surface area contributed by atoms with Crippen LogP contribution in [0.4, 0.5) is 9.18 Å². The molecule has 0 saturated carbocycles. The SMILES string of the molecule is CC(C)(C)C(c1nc(-c2ccccc2)cn1Cc1ccccc1)N(CC1(F)CCNC1)C(=O)N1CCN(S(C)(=O)=O)CC1. The van der Waals surface area contributed by atoms with Gasteiger partial charge < -0.3 is 19.7 Å². The minimum absolute atomic E-state index is 0.0913. The maximum atomic E-state index is 16.3. The van der Waals surface area contributed by atoms with Gasteiger partial charge in [0.15, 0.2) is 0 Å². The summed E-state index contributed by atoms with van der Waals surface area (Å²) in [7, 11) is -3.37. The predicted molar refractivity (Wildman–Crippen MR) is 167 cm³/mol. The summed E-state index contributed by atoms with van der Waals surface area (Å²) < 4.78 is 44.1. The van der Waals surface area contributed by atoms with Crippen LogP contribution in [0, 0.1) is 5.41 Å². The average Bonchev–Trinajstić information content (AvgIpc) is 3.58. The van der Waals surface area contributed by atoms with E-state index in [4.69, 9.17) is 4.98 Å². The van der Waals surface area contributed by atoms with Gasteiger partial charge in [0.1, 0.15) is 11.5 Å². The molecule has 11 heteroatoms. The first kappa shape index (κ1) is 31.2. The fourth-order valence-corrected chi connectivity index (χ4v) is 6.94. The first-order valence-electron chi connectivity index (χ1n) is 14.9. The summed E-state index contributed by atoms with van der Waals surface area (Å²) >= 11 is 0. The fraction of sp³-hybridized carbons (Fsp3) is 0.500. The lowest BCUT2D eigenvalue weighted by Crippen LogP contribution is -2.58. The second kappa shape index (κ2) is 12.4. The number of piperazine rings is 1. The van der Waals surface area contributed by atoms with E-state index in [0.717, 1.165) is 16.8 Å². The Bertz CT molecular complexity index is 1490. The third-order valence-corrected chi connectivity index (χ3v) is 9.62. The molecule has 2 amide bonds. The summed E-state index contributed by atoms with van der Waals surface area (Å²) in [4.78, 5) is 22.9. The number of amides is 2. The molecule has 0 spiro atoms. The van der Waals surface area contributed by atoms with Crippen molar-refractivity contribution in [1.29, 1.82) is 0 Å². The summed E-state index contributed by atoms with van der Waals surface area (Å²) in [6, 6.07) is 19.1. The number of nitrogens with zero attached hydrogens (tertiary/aromatic N) is 5. The normalized spacial score (nSPS) is 20.7. The Hall–Kier alpha value is -3.28. The molecule has 1 aromatic heterocycles. The number of hydrogen-bond donors (Lipinski definition) is 1. The molecule has 2 unspecified atom stereocenters.